The van der Waals surface area contributed by atoms with Crippen molar-refractivity contribution in [3.05, 3.63) is 18.5 Å². The molecule has 0 aliphatic rings. The third-order valence-electron chi connectivity index (χ3n) is 2.69. The van der Waals surface area contributed by atoms with Crippen molar-refractivity contribution in [2.75, 3.05) is 19.4 Å². The highest BCUT2D eigenvalue weighted by molar-refractivity contribution is 7.89. The molecule has 0 saturated heterocycles. The number of hydrogen-bond acceptors (Lipinski definition) is 5. The number of aliphatic hydroxyl groups excluding tert-OH is 1. The van der Waals surface area contributed by atoms with Gasteiger partial charge in [-0.2, -0.15) is 4.31 Å². The molecule has 0 aliphatic heterocycles. The number of rotatable bonds is 4. The van der Waals surface area contributed by atoms with Gasteiger partial charge in [0.2, 0.25) is 10.0 Å². The SMILES string of the molecule is CN(C(C)(C)CO)S(=O)(=O)c1cnccc1N. The van der Waals surface area contributed by atoms with E-state index in [9.17, 15) is 13.5 Å². The normalized spacial score (nSPS) is 13.0. The first-order valence-corrected chi connectivity index (χ1v) is 6.47. The first-order valence-electron chi connectivity index (χ1n) is 5.03. The Balaban J connectivity index is 3.26. The molecular weight excluding hydrogens is 242 g/mol. The Morgan fingerprint density at radius 2 is 2.12 bits per heavy atom. The lowest BCUT2D eigenvalue weighted by Crippen LogP contribution is -2.47. The van der Waals surface area contributed by atoms with Gasteiger partial charge in [-0.25, -0.2) is 8.42 Å². The molecule has 0 fully saturated rings. The topological polar surface area (TPSA) is 96.5 Å². The van der Waals surface area contributed by atoms with Crippen LogP contribution in [-0.2, 0) is 10.0 Å². The van der Waals surface area contributed by atoms with E-state index in [1.54, 1.807) is 13.8 Å². The summed E-state index contributed by atoms with van der Waals surface area (Å²) in [5.74, 6) is 0. The molecule has 1 aromatic rings. The predicted octanol–water partition coefficient (Wildman–Crippen LogP) is 0.0552. The molecular formula is C10H17N3O3S. The minimum Gasteiger partial charge on any atom is -0.398 e. The second-order valence-corrected chi connectivity index (χ2v) is 6.29. The molecule has 0 aliphatic carbocycles. The van der Waals surface area contributed by atoms with E-state index in [-0.39, 0.29) is 17.2 Å². The van der Waals surface area contributed by atoms with E-state index < -0.39 is 15.6 Å². The molecule has 17 heavy (non-hydrogen) atoms. The Bertz CT molecular complexity index is 499. The van der Waals surface area contributed by atoms with Crippen molar-refractivity contribution in [1.29, 1.82) is 0 Å². The van der Waals surface area contributed by atoms with Crippen LogP contribution in [0.4, 0.5) is 5.69 Å². The van der Waals surface area contributed by atoms with Crippen molar-refractivity contribution in [3.63, 3.8) is 0 Å². The average molecular weight is 259 g/mol. The van der Waals surface area contributed by atoms with E-state index in [4.69, 9.17) is 5.73 Å². The Hall–Kier alpha value is -1.18. The smallest absolute Gasteiger partial charge is 0.246 e. The highest BCUT2D eigenvalue weighted by Gasteiger charge is 2.34. The van der Waals surface area contributed by atoms with Crippen LogP contribution in [0, 0.1) is 0 Å². The molecule has 0 atom stereocenters. The summed E-state index contributed by atoms with van der Waals surface area (Å²) in [6.45, 7) is 2.96. The Labute approximate surface area is 101 Å². The van der Waals surface area contributed by atoms with Crippen LogP contribution in [0.5, 0.6) is 0 Å². The van der Waals surface area contributed by atoms with E-state index >= 15 is 0 Å². The third kappa shape index (κ3) is 2.56. The molecule has 1 heterocycles. The van der Waals surface area contributed by atoms with Gasteiger partial charge in [0.25, 0.3) is 0 Å². The van der Waals surface area contributed by atoms with Gasteiger partial charge in [-0.15, -0.1) is 0 Å². The van der Waals surface area contributed by atoms with Crippen LogP contribution in [0.25, 0.3) is 0 Å². The number of hydrogen-bond donors (Lipinski definition) is 2. The van der Waals surface area contributed by atoms with Gasteiger partial charge >= 0.3 is 0 Å². The second kappa shape index (κ2) is 4.59. The fourth-order valence-corrected chi connectivity index (χ4v) is 2.74. The van der Waals surface area contributed by atoms with Crippen molar-refractivity contribution in [2.24, 2.45) is 0 Å². The van der Waals surface area contributed by atoms with Crippen molar-refractivity contribution in [3.8, 4) is 0 Å². The van der Waals surface area contributed by atoms with Crippen molar-refractivity contribution in [1.82, 2.24) is 9.29 Å². The maximum absolute atomic E-state index is 12.3. The number of nitrogens with zero attached hydrogens (tertiary/aromatic N) is 2. The number of pyridine rings is 1. The van der Waals surface area contributed by atoms with E-state index in [0.29, 0.717) is 0 Å². The number of anilines is 1. The number of nitrogens with two attached hydrogens (primary N) is 1. The summed E-state index contributed by atoms with van der Waals surface area (Å²) >= 11 is 0. The third-order valence-corrected chi connectivity index (χ3v) is 4.81. The van der Waals surface area contributed by atoms with E-state index in [1.165, 1.54) is 25.5 Å². The van der Waals surface area contributed by atoms with Gasteiger partial charge in [0, 0.05) is 19.4 Å². The van der Waals surface area contributed by atoms with Gasteiger partial charge in [-0.3, -0.25) is 4.98 Å². The van der Waals surface area contributed by atoms with E-state index in [2.05, 4.69) is 4.98 Å². The zero-order chi connectivity index (χ0) is 13.3. The van der Waals surface area contributed by atoms with Crippen LogP contribution in [-0.4, -0.2) is 42.0 Å². The molecule has 6 nitrogen and oxygen atoms in total. The molecule has 0 radical (unpaired) electrons. The molecule has 0 amide bonds. The molecule has 1 rings (SSSR count). The number of aliphatic hydroxyl groups is 1. The Morgan fingerprint density at radius 1 is 1.53 bits per heavy atom. The lowest BCUT2D eigenvalue weighted by molar-refractivity contribution is 0.138. The molecule has 1 aromatic heterocycles. The van der Waals surface area contributed by atoms with E-state index in [1.807, 2.05) is 0 Å². The molecule has 96 valence electrons. The van der Waals surface area contributed by atoms with Crippen molar-refractivity contribution < 1.29 is 13.5 Å². The zero-order valence-electron chi connectivity index (χ0n) is 10.1. The number of nitrogen functional groups attached to an aromatic ring is 1. The molecule has 0 saturated carbocycles. The summed E-state index contributed by atoms with van der Waals surface area (Å²) in [5, 5.41) is 9.19. The highest BCUT2D eigenvalue weighted by atomic mass is 32.2. The second-order valence-electron chi connectivity index (χ2n) is 4.36. The number of aromatic nitrogens is 1. The fourth-order valence-electron chi connectivity index (χ4n) is 1.18. The molecule has 7 heteroatoms. The molecule has 0 aromatic carbocycles. The lowest BCUT2D eigenvalue weighted by Gasteiger charge is -2.32. The molecule has 3 N–H and O–H groups in total. The minimum absolute atomic E-state index is 0.0518. The van der Waals surface area contributed by atoms with Crippen LogP contribution >= 0.6 is 0 Å². The molecule has 0 unspecified atom stereocenters. The van der Waals surface area contributed by atoms with Gasteiger partial charge in [-0.1, -0.05) is 0 Å². The maximum Gasteiger partial charge on any atom is 0.246 e. The highest BCUT2D eigenvalue weighted by Crippen LogP contribution is 2.25. The van der Waals surface area contributed by atoms with Crippen LogP contribution in [0.3, 0.4) is 0 Å². The quantitative estimate of drug-likeness (QED) is 0.796. The number of sulfonamides is 1. The predicted molar refractivity (Wildman–Crippen MR) is 64.8 cm³/mol. The van der Waals surface area contributed by atoms with Crippen molar-refractivity contribution >= 4 is 15.7 Å². The summed E-state index contributed by atoms with van der Waals surface area (Å²) in [7, 11) is -2.35. The van der Waals surface area contributed by atoms with Crippen molar-refractivity contribution in [2.45, 2.75) is 24.3 Å². The fraction of sp³-hybridized carbons (Fsp3) is 0.500. The average Bonchev–Trinajstić information content (AvgIpc) is 2.28. The van der Waals surface area contributed by atoms with Gasteiger partial charge in [-0.05, 0) is 19.9 Å². The number of likely N-dealkylation sites (N-methyl/N-ethyl adjacent to an activating group) is 1. The van der Waals surface area contributed by atoms with Gasteiger partial charge in [0.15, 0.2) is 0 Å². The van der Waals surface area contributed by atoms with Gasteiger partial charge < -0.3 is 10.8 Å². The van der Waals surface area contributed by atoms with Crippen LogP contribution in [0.15, 0.2) is 23.4 Å². The van der Waals surface area contributed by atoms with Crippen LogP contribution in [0.2, 0.25) is 0 Å². The first-order chi connectivity index (χ1) is 7.73. The molecule has 0 spiro atoms. The first kappa shape index (κ1) is 13.9. The van der Waals surface area contributed by atoms with E-state index in [0.717, 1.165) is 4.31 Å². The summed E-state index contributed by atoms with van der Waals surface area (Å²) in [6.07, 6.45) is 2.63. The maximum atomic E-state index is 12.3. The lowest BCUT2D eigenvalue weighted by atomic mass is 10.1. The summed E-state index contributed by atoms with van der Waals surface area (Å²) < 4.78 is 25.6. The largest absolute Gasteiger partial charge is 0.398 e. The minimum atomic E-state index is -3.75. The monoisotopic (exact) mass is 259 g/mol. The summed E-state index contributed by atoms with van der Waals surface area (Å²) in [6, 6.07) is 1.42. The Morgan fingerprint density at radius 3 is 2.59 bits per heavy atom. The van der Waals surface area contributed by atoms with Gasteiger partial charge in [0.1, 0.15) is 4.90 Å². The zero-order valence-corrected chi connectivity index (χ0v) is 10.9. The molecule has 0 bridgehead atoms. The summed E-state index contributed by atoms with van der Waals surface area (Å²) in [4.78, 5) is 3.70. The van der Waals surface area contributed by atoms with Gasteiger partial charge in [0.05, 0.1) is 17.8 Å². The standard InChI is InChI=1S/C10H17N3O3S/c1-10(2,7-14)13(3)17(15,16)9-6-12-5-4-8(9)11/h4-6,14H,7H2,1-3H3,(H2,11,12). The Kier molecular flexibility index (Phi) is 3.75. The van der Waals surface area contributed by atoms with Crippen LogP contribution < -0.4 is 5.73 Å². The summed E-state index contributed by atoms with van der Waals surface area (Å²) in [5.41, 5.74) is 4.86. The van der Waals surface area contributed by atoms with Crippen LogP contribution in [0.1, 0.15) is 13.8 Å².